The average molecular weight is 325 g/mol. The molecule has 0 saturated carbocycles. The van der Waals surface area contributed by atoms with E-state index in [1.165, 1.54) is 11.3 Å². The topological polar surface area (TPSA) is 71.0 Å². The minimum atomic E-state index is -0.00414. The van der Waals surface area contributed by atoms with Crippen LogP contribution in [0.1, 0.15) is 22.5 Å². The second-order valence-corrected chi connectivity index (χ2v) is 6.31. The van der Waals surface area contributed by atoms with E-state index in [1.807, 2.05) is 28.5 Å². The van der Waals surface area contributed by atoms with Crippen molar-refractivity contribution in [3.05, 3.63) is 47.2 Å². The molecule has 0 unspecified atom stereocenters. The maximum Gasteiger partial charge on any atom is 0.274 e. The Morgan fingerprint density at radius 1 is 1.30 bits per heavy atom. The number of nitrogens with one attached hydrogen (secondary N) is 1. The maximum atomic E-state index is 12.6. The quantitative estimate of drug-likeness (QED) is 0.798. The van der Waals surface area contributed by atoms with Crippen molar-refractivity contribution < 1.29 is 4.79 Å². The highest BCUT2D eigenvalue weighted by molar-refractivity contribution is 7.17. The fourth-order valence-electron chi connectivity index (χ4n) is 2.44. The van der Waals surface area contributed by atoms with Gasteiger partial charge in [-0.1, -0.05) is 6.07 Å². The number of thiophene rings is 1. The monoisotopic (exact) mass is 325 g/mol. The van der Waals surface area contributed by atoms with E-state index in [2.05, 4.69) is 20.3 Å². The molecule has 0 atom stereocenters. The van der Waals surface area contributed by atoms with Gasteiger partial charge in [-0.3, -0.25) is 9.78 Å². The molecule has 6 nitrogen and oxygen atoms in total. The highest BCUT2D eigenvalue weighted by Crippen LogP contribution is 2.26. The smallest absolute Gasteiger partial charge is 0.274 e. The number of fused-ring (bicyclic) bond motifs is 1. The normalized spacial score (nSPS) is 13.8. The largest absolute Gasteiger partial charge is 0.350 e. The van der Waals surface area contributed by atoms with Crippen LogP contribution in [0.25, 0.3) is 10.2 Å². The zero-order chi connectivity index (χ0) is 15.6. The van der Waals surface area contributed by atoms with Gasteiger partial charge in [0.25, 0.3) is 5.91 Å². The van der Waals surface area contributed by atoms with Gasteiger partial charge in [-0.05, 0) is 29.5 Å². The van der Waals surface area contributed by atoms with E-state index in [0.29, 0.717) is 18.2 Å². The van der Waals surface area contributed by atoms with Gasteiger partial charge in [-0.2, -0.15) is 0 Å². The first kappa shape index (κ1) is 14.1. The van der Waals surface area contributed by atoms with Crippen molar-refractivity contribution in [3.8, 4) is 0 Å². The van der Waals surface area contributed by atoms with Crippen molar-refractivity contribution >= 4 is 33.4 Å². The molecule has 23 heavy (non-hydrogen) atoms. The van der Waals surface area contributed by atoms with Gasteiger partial charge in [0.15, 0.2) is 5.69 Å². The third kappa shape index (κ3) is 2.75. The number of hydrogen-bond acceptors (Lipinski definition) is 6. The molecule has 7 heteroatoms. The first-order valence-corrected chi connectivity index (χ1v) is 8.36. The van der Waals surface area contributed by atoms with Gasteiger partial charge in [-0.15, -0.1) is 11.3 Å². The Labute approximate surface area is 137 Å². The van der Waals surface area contributed by atoms with Crippen molar-refractivity contribution in [1.29, 1.82) is 0 Å². The van der Waals surface area contributed by atoms with E-state index in [9.17, 15) is 4.79 Å². The van der Waals surface area contributed by atoms with Crippen molar-refractivity contribution in [2.45, 2.75) is 13.0 Å². The Balaban J connectivity index is 1.63. The molecule has 1 aliphatic rings. The second-order valence-electron chi connectivity index (χ2n) is 5.39. The minimum Gasteiger partial charge on any atom is -0.350 e. The third-order valence-corrected chi connectivity index (χ3v) is 4.73. The van der Waals surface area contributed by atoms with Gasteiger partial charge in [0.1, 0.15) is 0 Å². The fourth-order valence-corrected chi connectivity index (χ4v) is 3.25. The maximum absolute atomic E-state index is 12.6. The summed E-state index contributed by atoms with van der Waals surface area (Å²) in [4.78, 5) is 27.4. The van der Waals surface area contributed by atoms with E-state index in [1.54, 1.807) is 12.4 Å². The van der Waals surface area contributed by atoms with E-state index < -0.39 is 0 Å². The van der Waals surface area contributed by atoms with Gasteiger partial charge in [0.2, 0.25) is 5.95 Å². The number of carbonyl (C=O) groups excluding carboxylic acids is 1. The van der Waals surface area contributed by atoms with Crippen LogP contribution in [0.3, 0.4) is 0 Å². The molecule has 0 spiro atoms. The molecule has 1 fully saturated rings. The Kier molecular flexibility index (Phi) is 3.63. The van der Waals surface area contributed by atoms with Crippen LogP contribution in [-0.2, 0) is 6.54 Å². The summed E-state index contributed by atoms with van der Waals surface area (Å²) in [6.07, 6.45) is 4.60. The molecule has 0 aliphatic carbocycles. The molecular weight excluding hydrogens is 310 g/mol. The predicted molar refractivity (Wildman–Crippen MR) is 89.5 cm³/mol. The standard InChI is InChI=1S/C16H15N5OS/c22-15(21-6-2-7-21)13-14-12(4-8-23-14)19-16(20-13)18-10-11-3-1-5-17-9-11/h1,3-5,8-9H,2,6-7,10H2,(H,18,19,20). The molecule has 3 aromatic heterocycles. The summed E-state index contributed by atoms with van der Waals surface area (Å²) in [5.41, 5.74) is 2.35. The molecular formula is C16H15N5OS. The summed E-state index contributed by atoms with van der Waals surface area (Å²) in [6, 6.07) is 5.79. The van der Waals surface area contributed by atoms with E-state index >= 15 is 0 Å². The number of rotatable bonds is 4. The molecule has 0 bridgehead atoms. The number of aromatic nitrogens is 3. The van der Waals surface area contributed by atoms with Gasteiger partial charge >= 0.3 is 0 Å². The number of anilines is 1. The van der Waals surface area contributed by atoms with Crippen molar-refractivity contribution in [2.75, 3.05) is 18.4 Å². The zero-order valence-corrected chi connectivity index (χ0v) is 13.2. The average Bonchev–Trinajstić information content (AvgIpc) is 3.00. The summed E-state index contributed by atoms with van der Waals surface area (Å²) in [7, 11) is 0. The molecule has 116 valence electrons. The molecule has 0 aromatic carbocycles. The lowest BCUT2D eigenvalue weighted by Crippen LogP contribution is -2.42. The Hall–Kier alpha value is -2.54. The molecule has 1 aliphatic heterocycles. The number of pyridine rings is 1. The van der Waals surface area contributed by atoms with E-state index in [0.717, 1.165) is 35.3 Å². The molecule has 0 radical (unpaired) electrons. The van der Waals surface area contributed by atoms with Crippen molar-refractivity contribution in [3.63, 3.8) is 0 Å². The summed E-state index contributed by atoms with van der Waals surface area (Å²) >= 11 is 1.51. The summed E-state index contributed by atoms with van der Waals surface area (Å²) < 4.78 is 0.855. The lowest BCUT2D eigenvalue weighted by molar-refractivity contribution is 0.0648. The number of likely N-dealkylation sites (tertiary alicyclic amines) is 1. The van der Waals surface area contributed by atoms with Crippen LogP contribution in [-0.4, -0.2) is 38.8 Å². The van der Waals surface area contributed by atoms with E-state index in [4.69, 9.17) is 0 Å². The number of nitrogens with zero attached hydrogens (tertiary/aromatic N) is 4. The van der Waals surface area contributed by atoms with Crippen molar-refractivity contribution in [1.82, 2.24) is 19.9 Å². The molecule has 1 N–H and O–H groups in total. The lowest BCUT2D eigenvalue weighted by Gasteiger charge is -2.30. The van der Waals surface area contributed by atoms with Crippen LogP contribution < -0.4 is 5.32 Å². The summed E-state index contributed by atoms with van der Waals surface area (Å²) in [6.45, 7) is 2.20. The molecule has 4 heterocycles. The van der Waals surface area contributed by atoms with Crippen LogP contribution >= 0.6 is 11.3 Å². The number of amides is 1. The summed E-state index contributed by atoms with van der Waals surface area (Å²) in [5, 5.41) is 5.13. The highest BCUT2D eigenvalue weighted by atomic mass is 32.1. The van der Waals surface area contributed by atoms with Crippen molar-refractivity contribution in [2.24, 2.45) is 0 Å². The van der Waals surface area contributed by atoms with Crippen LogP contribution in [0.2, 0.25) is 0 Å². The van der Waals surface area contributed by atoms with Crippen LogP contribution in [0, 0.1) is 0 Å². The molecule has 1 amide bonds. The summed E-state index contributed by atoms with van der Waals surface area (Å²) in [5.74, 6) is 0.471. The van der Waals surface area contributed by atoms with Gasteiger partial charge < -0.3 is 10.2 Å². The first-order chi connectivity index (χ1) is 11.3. The Bertz CT molecular complexity index is 844. The zero-order valence-electron chi connectivity index (χ0n) is 12.4. The minimum absolute atomic E-state index is 0.00414. The lowest BCUT2D eigenvalue weighted by atomic mass is 10.2. The second kappa shape index (κ2) is 5.92. The van der Waals surface area contributed by atoms with Gasteiger partial charge in [-0.25, -0.2) is 9.97 Å². The Morgan fingerprint density at radius 3 is 2.96 bits per heavy atom. The van der Waals surface area contributed by atoms with Gasteiger partial charge in [0, 0.05) is 32.0 Å². The molecule has 4 rings (SSSR count). The predicted octanol–water partition coefficient (Wildman–Crippen LogP) is 2.54. The molecule has 3 aromatic rings. The Morgan fingerprint density at radius 2 is 2.22 bits per heavy atom. The van der Waals surface area contributed by atoms with E-state index in [-0.39, 0.29) is 5.91 Å². The molecule has 1 saturated heterocycles. The van der Waals surface area contributed by atoms with Gasteiger partial charge in [0.05, 0.1) is 10.2 Å². The fraction of sp³-hybridized carbons (Fsp3) is 0.250. The third-order valence-electron chi connectivity index (χ3n) is 3.82. The van der Waals surface area contributed by atoms with Crippen LogP contribution in [0.5, 0.6) is 0 Å². The number of hydrogen-bond donors (Lipinski definition) is 1. The number of carbonyl (C=O) groups is 1. The highest BCUT2D eigenvalue weighted by Gasteiger charge is 2.25. The SMILES string of the molecule is O=C(c1nc(NCc2cccnc2)nc2ccsc12)N1CCC1. The first-order valence-electron chi connectivity index (χ1n) is 7.48. The van der Waals surface area contributed by atoms with Crippen LogP contribution in [0.4, 0.5) is 5.95 Å². The van der Waals surface area contributed by atoms with Crippen LogP contribution in [0.15, 0.2) is 36.0 Å².